The Labute approximate surface area is 169 Å². The van der Waals surface area contributed by atoms with Gasteiger partial charge in [0.1, 0.15) is 11.8 Å². The molecule has 2 aromatic carbocycles. The molecule has 6 nitrogen and oxygen atoms in total. The number of methoxy groups -OCH3 is 1. The molecule has 0 saturated heterocycles. The number of nitrogens with zero attached hydrogens (tertiary/aromatic N) is 1. The molecule has 0 bridgehead atoms. The van der Waals surface area contributed by atoms with E-state index in [9.17, 15) is 13.2 Å². The average molecular weight is 431 g/mol. The third-order valence-corrected chi connectivity index (χ3v) is 5.69. The van der Waals surface area contributed by atoms with E-state index in [2.05, 4.69) is 5.32 Å². The maximum atomic E-state index is 12.6. The highest BCUT2D eigenvalue weighted by atomic mass is 35.5. The van der Waals surface area contributed by atoms with Crippen LogP contribution in [0.15, 0.2) is 42.5 Å². The van der Waals surface area contributed by atoms with Crippen LogP contribution in [0.25, 0.3) is 0 Å². The predicted octanol–water partition coefficient (Wildman–Crippen LogP) is 3.47. The van der Waals surface area contributed by atoms with Crippen LogP contribution >= 0.6 is 23.2 Å². The van der Waals surface area contributed by atoms with Crippen LogP contribution in [0.2, 0.25) is 10.0 Å². The van der Waals surface area contributed by atoms with Gasteiger partial charge in [-0.3, -0.25) is 9.10 Å². The minimum atomic E-state index is -3.71. The van der Waals surface area contributed by atoms with Gasteiger partial charge >= 0.3 is 0 Å². The molecule has 0 fully saturated rings. The Hall–Kier alpha value is -1.96. The second kappa shape index (κ2) is 8.82. The Kier molecular flexibility index (Phi) is 6.97. The first-order valence-electron chi connectivity index (χ1n) is 7.98. The van der Waals surface area contributed by atoms with Gasteiger partial charge in [0.15, 0.2) is 0 Å². The molecule has 2 aromatic rings. The van der Waals surface area contributed by atoms with E-state index in [1.807, 2.05) is 0 Å². The number of carbonyl (C=O) groups is 1. The van der Waals surface area contributed by atoms with Gasteiger partial charge in [0.05, 0.1) is 19.1 Å². The van der Waals surface area contributed by atoms with Crippen molar-refractivity contribution in [2.24, 2.45) is 0 Å². The van der Waals surface area contributed by atoms with Crippen LogP contribution in [0.1, 0.15) is 12.5 Å². The van der Waals surface area contributed by atoms with Crippen LogP contribution < -0.4 is 14.4 Å². The van der Waals surface area contributed by atoms with Crippen LogP contribution in [-0.2, 0) is 21.4 Å². The molecule has 0 radical (unpaired) electrons. The highest BCUT2D eigenvalue weighted by molar-refractivity contribution is 7.92. The number of hydrogen-bond acceptors (Lipinski definition) is 4. The van der Waals surface area contributed by atoms with Crippen LogP contribution in [0, 0.1) is 0 Å². The molecule has 0 aliphatic heterocycles. The van der Waals surface area contributed by atoms with Crippen LogP contribution in [0.3, 0.4) is 0 Å². The zero-order chi connectivity index (χ0) is 20.2. The fraction of sp³-hybridized carbons (Fsp3) is 0.278. The maximum absolute atomic E-state index is 12.6. The molecule has 1 atom stereocenters. The lowest BCUT2D eigenvalue weighted by molar-refractivity contribution is -0.122. The number of rotatable bonds is 7. The normalized spacial score (nSPS) is 12.3. The molecule has 9 heteroatoms. The summed E-state index contributed by atoms with van der Waals surface area (Å²) < 4.78 is 30.8. The van der Waals surface area contributed by atoms with Crippen molar-refractivity contribution < 1.29 is 17.9 Å². The number of ether oxygens (including phenoxy) is 1. The lowest BCUT2D eigenvalue weighted by Gasteiger charge is -2.28. The Morgan fingerprint density at radius 3 is 2.52 bits per heavy atom. The third kappa shape index (κ3) is 5.51. The van der Waals surface area contributed by atoms with Crippen LogP contribution in [0.4, 0.5) is 5.69 Å². The Balaban J connectivity index is 2.21. The zero-order valence-corrected chi connectivity index (χ0v) is 17.4. The van der Waals surface area contributed by atoms with Gasteiger partial charge in [-0.15, -0.1) is 0 Å². The summed E-state index contributed by atoms with van der Waals surface area (Å²) in [6.07, 6.45) is 1.05. The predicted molar refractivity (Wildman–Crippen MR) is 108 cm³/mol. The van der Waals surface area contributed by atoms with E-state index < -0.39 is 22.0 Å². The summed E-state index contributed by atoms with van der Waals surface area (Å²) >= 11 is 12.0. The molecule has 1 N–H and O–H groups in total. The molecule has 0 heterocycles. The average Bonchev–Trinajstić information content (AvgIpc) is 2.59. The van der Waals surface area contributed by atoms with Crippen LogP contribution in [-0.4, -0.2) is 33.7 Å². The molecular formula is C18H20Cl2N2O4S. The highest BCUT2D eigenvalue weighted by Crippen LogP contribution is 2.25. The summed E-state index contributed by atoms with van der Waals surface area (Å²) in [5.41, 5.74) is 1.01. The monoisotopic (exact) mass is 430 g/mol. The molecule has 2 rings (SSSR count). The summed E-state index contributed by atoms with van der Waals surface area (Å²) in [5.74, 6) is 0.0240. The molecule has 0 aromatic heterocycles. The molecule has 1 amide bonds. The first kappa shape index (κ1) is 21.3. The molecule has 146 valence electrons. The number of hydrogen-bond donors (Lipinski definition) is 1. The third-order valence-electron chi connectivity index (χ3n) is 3.86. The second-order valence-corrected chi connectivity index (χ2v) is 8.59. The van der Waals surface area contributed by atoms with Crippen molar-refractivity contribution in [3.63, 3.8) is 0 Å². The molecule has 0 unspecified atom stereocenters. The number of benzene rings is 2. The smallest absolute Gasteiger partial charge is 0.243 e. The van der Waals surface area contributed by atoms with Gasteiger partial charge in [-0.25, -0.2) is 8.42 Å². The largest absolute Gasteiger partial charge is 0.497 e. The van der Waals surface area contributed by atoms with E-state index in [0.29, 0.717) is 27.0 Å². The van der Waals surface area contributed by atoms with Gasteiger partial charge < -0.3 is 10.1 Å². The first-order valence-corrected chi connectivity index (χ1v) is 10.6. The second-order valence-electron chi connectivity index (χ2n) is 5.89. The first-order chi connectivity index (χ1) is 12.6. The van der Waals surface area contributed by atoms with Gasteiger partial charge in [0.2, 0.25) is 15.9 Å². The van der Waals surface area contributed by atoms with Gasteiger partial charge in [-0.2, -0.15) is 0 Å². The van der Waals surface area contributed by atoms with Gasteiger partial charge in [0, 0.05) is 22.7 Å². The zero-order valence-electron chi connectivity index (χ0n) is 15.1. The summed E-state index contributed by atoms with van der Waals surface area (Å²) in [5, 5.41) is 3.62. The Morgan fingerprint density at radius 1 is 1.22 bits per heavy atom. The summed E-state index contributed by atoms with van der Waals surface area (Å²) in [6.45, 7) is 1.66. The number of sulfonamides is 1. The fourth-order valence-corrected chi connectivity index (χ4v) is 4.19. The lowest BCUT2D eigenvalue weighted by atomic mass is 10.2. The quantitative estimate of drug-likeness (QED) is 0.729. The maximum Gasteiger partial charge on any atom is 0.243 e. The topological polar surface area (TPSA) is 75.7 Å². The number of nitrogens with one attached hydrogen (secondary N) is 1. The van der Waals surface area contributed by atoms with Crippen molar-refractivity contribution in [2.45, 2.75) is 19.5 Å². The summed E-state index contributed by atoms with van der Waals surface area (Å²) in [7, 11) is -2.23. The van der Waals surface area contributed by atoms with Crippen molar-refractivity contribution in [3.05, 3.63) is 58.1 Å². The Bertz CT molecular complexity index is 935. The minimum Gasteiger partial charge on any atom is -0.497 e. The number of halogens is 2. The van der Waals surface area contributed by atoms with E-state index in [4.69, 9.17) is 27.9 Å². The van der Waals surface area contributed by atoms with E-state index in [0.717, 1.165) is 10.6 Å². The minimum absolute atomic E-state index is 0.148. The van der Waals surface area contributed by atoms with Gasteiger partial charge in [0.25, 0.3) is 0 Å². The van der Waals surface area contributed by atoms with E-state index in [1.54, 1.807) is 42.5 Å². The van der Waals surface area contributed by atoms with Crippen molar-refractivity contribution in [3.8, 4) is 5.75 Å². The van der Waals surface area contributed by atoms with E-state index >= 15 is 0 Å². The molecule has 0 spiro atoms. The number of anilines is 1. The molecule has 0 aliphatic carbocycles. The molecular weight excluding hydrogens is 411 g/mol. The van der Waals surface area contributed by atoms with Crippen LogP contribution in [0.5, 0.6) is 5.75 Å². The van der Waals surface area contributed by atoms with Crippen molar-refractivity contribution in [1.82, 2.24) is 5.32 Å². The summed E-state index contributed by atoms with van der Waals surface area (Å²) in [6, 6.07) is 10.5. The number of amides is 1. The van der Waals surface area contributed by atoms with Gasteiger partial charge in [-0.05, 0) is 36.8 Å². The SMILES string of the molecule is COc1cccc(N([C@H](C)C(=O)NCc2ccc(Cl)cc2Cl)S(C)(=O)=O)c1. The molecule has 0 saturated carbocycles. The summed E-state index contributed by atoms with van der Waals surface area (Å²) in [4.78, 5) is 12.6. The number of carbonyl (C=O) groups excluding carboxylic acids is 1. The highest BCUT2D eigenvalue weighted by Gasteiger charge is 2.29. The van der Waals surface area contributed by atoms with Crippen molar-refractivity contribution >= 4 is 44.8 Å². The standard InChI is InChI=1S/C18H20Cl2N2O4S/c1-12(18(23)21-11-13-7-8-14(19)9-17(13)20)22(27(3,24)25)15-5-4-6-16(10-15)26-2/h4-10,12H,11H2,1-3H3,(H,21,23)/t12-/m1/s1. The molecule has 0 aliphatic rings. The van der Waals surface area contributed by atoms with E-state index in [1.165, 1.54) is 14.0 Å². The Morgan fingerprint density at radius 2 is 1.93 bits per heavy atom. The van der Waals surface area contributed by atoms with Gasteiger partial charge in [-0.1, -0.05) is 35.3 Å². The molecule has 27 heavy (non-hydrogen) atoms. The van der Waals surface area contributed by atoms with Crippen molar-refractivity contribution in [1.29, 1.82) is 0 Å². The van der Waals surface area contributed by atoms with Crippen molar-refractivity contribution in [2.75, 3.05) is 17.7 Å². The fourth-order valence-electron chi connectivity index (χ4n) is 2.55. The lowest BCUT2D eigenvalue weighted by Crippen LogP contribution is -2.47. The van der Waals surface area contributed by atoms with E-state index in [-0.39, 0.29) is 6.54 Å².